The van der Waals surface area contributed by atoms with Crippen LogP contribution in [0.1, 0.15) is 29.2 Å². The molecule has 0 fully saturated rings. The molecule has 2 unspecified atom stereocenters. The lowest BCUT2D eigenvalue weighted by Gasteiger charge is -2.27. The number of methoxy groups -OCH3 is 1. The highest BCUT2D eigenvalue weighted by Gasteiger charge is 2.26. The number of nitrogens with zero attached hydrogens (tertiary/aromatic N) is 1. The van der Waals surface area contributed by atoms with Crippen LogP contribution < -0.4 is 4.74 Å². The van der Waals surface area contributed by atoms with Gasteiger partial charge in [-0.3, -0.25) is 4.90 Å². The van der Waals surface area contributed by atoms with Gasteiger partial charge in [0.2, 0.25) is 0 Å². The fraction of sp³-hybridized carbons (Fsp3) is 0.429. The Morgan fingerprint density at radius 2 is 2.04 bits per heavy atom. The van der Waals surface area contributed by atoms with Crippen LogP contribution in [0.2, 0.25) is 0 Å². The number of hydrogen-bond donors (Lipinski definition) is 1. The van der Waals surface area contributed by atoms with Gasteiger partial charge in [0.25, 0.3) is 0 Å². The molecule has 0 aliphatic heterocycles. The molecule has 0 aromatic heterocycles. The molecule has 2 aromatic carbocycles. The van der Waals surface area contributed by atoms with E-state index in [0.717, 1.165) is 24.2 Å². The Kier molecular flexibility index (Phi) is 6.08. The molecule has 1 aliphatic carbocycles. The molecule has 0 radical (unpaired) electrons. The van der Waals surface area contributed by atoms with E-state index in [1.165, 1.54) is 11.1 Å². The first-order valence-electron chi connectivity index (χ1n) is 8.84. The van der Waals surface area contributed by atoms with Gasteiger partial charge in [0.1, 0.15) is 5.75 Å². The highest BCUT2D eigenvalue weighted by Crippen LogP contribution is 2.34. The molecule has 0 heterocycles. The van der Waals surface area contributed by atoms with Crippen molar-refractivity contribution in [1.29, 1.82) is 0 Å². The molecule has 4 heteroatoms. The Morgan fingerprint density at radius 3 is 2.88 bits per heavy atom. The third-order valence-electron chi connectivity index (χ3n) is 4.85. The van der Waals surface area contributed by atoms with Gasteiger partial charge < -0.3 is 14.6 Å². The van der Waals surface area contributed by atoms with Gasteiger partial charge in [0.05, 0.1) is 26.4 Å². The van der Waals surface area contributed by atoms with Gasteiger partial charge in [-0.25, -0.2) is 0 Å². The number of rotatable bonds is 8. The van der Waals surface area contributed by atoms with E-state index in [4.69, 9.17) is 9.47 Å². The lowest BCUT2D eigenvalue weighted by atomic mass is 10.1. The normalized spacial score (nSPS) is 17.5. The molecule has 0 amide bonds. The molecule has 0 saturated carbocycles. The monoisotopic (exact) mass is 341 g/mol. The van der Waals surface area contributed by atoms with Crippen LogP contribution in [0.5, 0.6) is 5.75 Å². The predicted molar refractivity (Wildman–Crippen MR) is 98.8 cm³/mol. The van der Waals surface area contributed by atoms with Crippen molar-refractivity contribution in [3.05, 3.63) is 65.2 Å². The first-order chi connectivity index (χ1) is 12.2. The SMILES string of the molecule is COc1cccc(COCC(O)CN(C)C2CCc3ccccc32)c1. The van der Waals surface area contributed by atoms with Crippen LogP contribution in [0, 0.1) is 0 Å². The molecular formula is C21H27NO3. The van der Waals surface area contributed by atoms with Crippen molar-refractivity contribution < 1.29 is 14.6 Å². The van der Waals surface area contributed by atoms with E-state index in [0.29, 0.717) is 25.8 Å². The minimum atomic E-state index is -0.497. The summed E-state index contributed by atoms with van der Waals surface area (Å²) in [7, 11) is 3.73. The second kappa shape index (κ2) is 8.48. The van der Waals surface area contributed by atoms with Crippen LogP contribution in [0.25, 0.3) is 0 Å². The largest absolute Gasteiger partial charge is 0.497 e. The van der Waals surface area contributed by atoms with Crippen LogP contribution in [0.3, 0.4) is 0 Å². The van der Waals surface area contributed by atoms with Gasteiger partial charge in [-0.05, 0) is 48.7 Å². The lowest BCUT2D eigenvalue weighted by Crippen LogP contribution is -2.34. The topological polar surface area (TPSA) is 41.9 Å². The average Bonchev–Trinajstić information content (AvgIpc) is 3.06. The van der Waals surface area contributed by atoms with Crippen LogP contribution in [-0.2, 0) is 17.8 Å². The first kappa shape index (κ1) is 17.9. The lowest BCUT2D eigenvalue weighted by molar-refractivity contribution is 0.00744. The Labute approximate surface area is 150 Å². The Hall–Kier alpha value is -1.88. The fourth-order valence-corrected chi connectivity index (χ4v) is 3.58. The van der Waals surface area contributed by atoms with Gasteiger partial charge >= 0.3 is 0 Å². The Morgan fingerprint density at radius 1 is 1.20 bits per heavy atom. The van der Waals surface area contributed by atoms with Crippen LogP contribution in [-0.4, -0.2) is 43.4 Å². The predicted octanol–water partition coefficient (Wildman–Crippen LogP) is 3.19. The molecule has 3 rings (SSSR count). The van der Waals surface area contributed by atoms with Crippen molar-refractivity contribution in [2.24, 2.45) is 0 Å². The number of aryl methyl sites for hydroxylation is 1. The van der Waals surface area contributed by atoms with Gasteiger partial charge in [0.15, 0.2) is 0 Å². The van der Waals surface area contributed by atoms with E-state index >= 15 is 0 Å². The molecule has 4 nitrogen and oxygen atoms in total. The summed E-state index contributed by atoms with van der Waals surface area (Å²) in [6, 6.07) is 16.8. The van der Waals surface area contributed by atoms with Crippen molar-refractivity contribution in [3.63, 3.8) is 0 Å². The zero-order chi connectivity index (χ0) is 17.6. The third kappa shape index (κ3) is 4.60. The van der Waals surface area contributed by atoms with Crippen LogP contribution in [0.4, 0.5) is 0 Å². The molecule has 0 bridgehead atoms. The number of aliphatic hydroxyl groups excluding tert-OH is 1. The fourth-order valence-electron chi connectivity index (χ4n) is 3.58. The number of ether oxygens (including phenoxy) is 2. The van der Waals surface area contributed by atoms with Crippen molar-refractivity contribution in [3.8, 4) is 5.75 Å². The number of hydrogen-bond acceptors (Lipinski definition) is 4. The third-order valence-corrected chi connectivity index (χ3v) is 4.85. The summed E-state index contributed by atoms with van der Waals surface area (Å²) in [5, 5.41) is 10.3. The number of benzene rings is 2. The summed E-state index contributed by atoms with van der Waals surface area (Å²) in [6.45, 7) is 1.41. The van der Waals surface area contributed by atoms with Gasteiger partial charge in [-0.15, -0.1) is 0 Å². The van der Waals surface area contributed by atoms with Gasteiger partial charge in [-0.2, -0.15) is 0 Å². The summed E-state index contributed by atoms with van der Waals surface area (Å²) < 4.78 is 10.9. The van der Waals surface area contributed by atoms with Crippen LogP contribution >= 0.6 is 0 Å². The summed E-state index contributed by atoms with van der Waals surface area (Å²) in [5.41, 5.74) is 3.88. The van der Waals surface area contributed by atoms with Gasteiger partial charge in [-0.1, -0.05) is 36.4 Å². The van der Waals surface area contributed by atoms with E-state index < -0.39 is 6.10 Å². The van der Waals surface area contributed by atoms with Crippen molar-refractivity contribution in [2.45, 2.75) is 31.6 Å². The number of aliphatic hydroxyl groups is 1. The summed E-state index contributed by atoms with van der Waals surface area (Å²) in [5.74, 6) is 0.821. The maximum Gasteiger partial charge on any atom is 0.119 e. The maximum atomic E-state index is 10.3. The molecule has 134 valence electrons. The standard InChI is InChI=1S/C21H27NO3/c1-22(21-11-10-17-7-3-4-9-20(17)21)13-18(23)15-25-14-16-6-5-8-19(12-16)24-2/h3-9,12,18,21,23H,10-11,13-15H2,1-2H3. The van der Waals surface area contributed by atoms with Gasteiger partial charge in [0, 0.05) is 12.6 Å². The van der Waals surface area contributed by atoms with Crippen LogP contribution in [0.15, 0.2) is 48.5 Å². The molecule has 2 aromatic rings. The van der Waals surface area contributed by atoms with E-state index in [9.17, 15) is 5.11 Å². The molecule has 1 N–H and O–H groups in total. The number of fused-ring (bicyclic) bond motifs is 1. The first-order valence-corrected chi connectivity index (χ1v) is 8.84. The average molecular weight is 341 g/mol. The van der Waals surface area contributed by atoms with Crippen molar-refractivity contribution >= 4 is 0 Å². The second-order valence-electron chi connectivity index (χ2n) is 6.71. The zero-order valence-electron chi connectivity index (χ0n) is 15.0. The van der Waals surface area contributed by atoms with E-state index in [1.807, 2.05) is 24.3 Å². The van der Waals surface area contributed by atoms with Crippen molar-refractivity contribution in [1.82, 2.24) is 4.90 Å². The quantitative estimate of drug-likeness (QED) is 0.801. The van der Waals surface area contributed by atoms with Crippen molar-refractivity contribution in [2.75, 3.05) is 27.3 Å². The second-order valence-corrected chi connectivity index (χ2v) is 6.71. The summed E-state index contributed by atoms with van der Waals surface area (Å²) >= 11 is 0. The minimum Gasteiger partial charge on any atom is -0.497 e. The molecule has 0 saturated heterocycles. The highest BCUT2D eigenvalue weighted by molar-refractivity contribution is 5.34. The Balaban J connectivity index is 1.45. The smallest absolute Gasteiger partial charge is 0.119 e. The van der Waals surface area contributed by atoms with E-state index in [1.54, 1.807) is 7.11 Å². The Bertz CT molecular complexity index is 688. The molecular weight excluding hydrogens is 314 g/mol. The number of likely N-dealkylation sites (N-methyl/N-ethyl adjacent to an activating group) is 1. The molecule has 25 heavy (non-hydrogen) atoms. The van der Waals surface area contributed by atoms with E-state index in [2.05, 4.69) is 36.2 Å². The zero-order valence-corrected chi connectivity index (χ0v) is 15.0. The highest BCUT2D eigenvalue weighted by atomic mass is 16.5. The molecule has 2 atom stereocenters. The summed E-state index contributed by atoms with van der Waals surface area (Å²) in [4.78, 5) is 2.24. The van der Waals surface area contributed by atoms with E-state index in [-0.39, 0.29) is 0 Å². The minimum absolute atomic E-state index is 0.329. The summed E-state index contributed by atoms with van der Waals surface area (Å²) in [6.07, 6.45) is 1.74. The molecule has 0 spiro atoms. The maximum absolute atomic E-state index is 10.3. The molecule has 1 aliphatic rings.